The van der Waals surface area contributed by atoms with Crippen molar-refractivity contribution in [3.63, 3.8) is 0 Å². The minimum atomic E-state index is -4.61. The van der Waals surface area contributed by atoms with Gasteiger partial charge in [-0.1, -0.05) is 219 Å². The summed E-state index contributed by atoms with van der Waals surface area (Å²) >= 11 is 0. The predicted octanol–water partition coefficient (Wildman–Crippen LogP) is 13.2. The van der Waals surface area contributed by atoms with Gasteiger partial charge < -0.3 is 25.2 Å². The molecule has 0 radical (unpaired) electrons. The molecule has 4 N–H and O–H groups in total. The Kier molecular flexibility index (Phi) is 41.3. The summed E-state index contributed by atoms with van der Waals surface area (Å²) in [7, 11) is -4.61. The SMILES string of the molecule is CCCCCCCCCCCCCCCCCCCCCC(=O)OC(COCCCCCCCCCCCCCCCCC)COP(=O)(O)OCC(N)C(=O)O. The van der Waals surface area contributed by atoms with E-state index in [1.807, 2.05) is 0 Å². The third-order valence-corrected chi connectivity index (χ3v) is 11.6. The normalized spacial score (nSPS) is 13.8. The molecule has 0 aromatic carbocycles. The molecule has 0 spiro atoms. The number of phosphoric ester groups is 1. The van der Waals surface area contributed by atoms with Gasteiger partial charge in [-0.3, -0.25) is 18.6 Å². The van der Waals surface area contributed by atoms with Gasteiger partial charge in [-0.2, -0.15) is 0 Å². The largest absolute Gasteiger partial charge is 0.480 e. The van der Waals surface area contributed by atoms with E-state index in [1.165, 1.54) is 180 Å². The highest BCUT2D eigenvalue weighted by Gasteiger charge is 2.27. The molecule has 0 saturated carbocycles. The van der Waals surface area contributed by atoms with Gasteiger partial charge in [0.25, 0.3) is 0 Å². The molecule has 0 rings (SSSR count). The number of hydrogen-bond acceptors (Lipinski definition) is 8. The third-order valence-electron chi connectivity index (χ3n) is 10.6. The van der Waals surface area contributed by atoms with Crippen LogP contribution in [0.25, 0.3) is 0 Å². The minimum absolute atomic E-state index is 0.0260. The first-order valence-corrected chi connectivity index (χ1v) is 25.1. The Bertz CT molecular complexity index is 909. The van der Waals surface area contributed by atoms with Crippen LogP contribution in [0.3, 0.4) is 0 Å². The van der Waals surface area contributed by atoms with Gasteiger partial charge in [-0.05, 0) is 12.8 Å². The lowest BCUT2D eigenvalue weighted by Gasteiger charge is -2.20. The van der Waals surface area contributed by atoms with Crippen molar-refractivity contribution in [2.24, 2.45) is 5.73 Å². The van der Waals surface area contributed by atoms with Gasteiger partial charge in [-0.15, -0.1) is 0 Å². The molecule has 56 heavy (non-hydrogen) atoms. The molecule has 334 valence electrons. The number of aliphatic carboxylic acids is 1. The van der Waals surface area contributed by atoms with Crippen molar-refractivity contribution >= 4 is 19.8 Å². The van der Waals surface area contributed by atoms with E-state index >= 15 is 0 Å². The summed E-state index contributed by atoms with van der Waals surface area (Å²) in [5, 5.41) is 8.90. The van der Waals surface area contributed by atoms with Gasteiger partial charge in [-0.25, -0.2) is 4.57 Å². The fourth-order valence-electron chi connectivity index (χ4n) is 6.96. The molecule has 0 amide bonds. The number of carbonyl (C=O) groups excluding carboxylic acids is 1. The first kappa shape index (κ1) is 55.0. The van der Waals surface area contributed by atoms with Crippen LogP contribution in [0.4, 0.5) is 0 Å². The number of carboxylic acid groups (broad SMARTS) is 1. The summed E-state index contributed by atoms with van der Waals surface area (Å²) in [6, 6.07) is -1.47. The van der Waals surface area contributed by atoms with Gasteiger partial charge >= 0.3 is 19.8 Å². The summed E-state index contributed by atoms with van der Waals surface area (Å²) in [6.07, 6.45) is 42.9. The van der Waals surface area contributed by atoms with Crippen LogP contribution in [0, 0.1) is 0 Å². The molecule has 0 saturated heterocycles. The quantitative estimate of drug-likeness (QED) is 0.0307. The van der Waals surface area contributed by atoms with Crippen LogP contribution in [-0.2, 0) is 32.7 Å². The highest BCUT2D eigenvalue weighted by atomic mass is 31.2. The molecule has 10 nitrogen and oxygen atoms in total. The van der Waals surface area contributed by atoms with Crippen molar-refractivity contribution in [3.8, 4) is 0 Å². The smallest absolute Gasteiger partial charge is 0.472 e. The van der Waals surface area contributed by atoms with Crippen LogP contribution in [0.5, 0.6) is 0 Å². The highest BCUT2D eigenvalue weighted by molar-refractivity contribution is 7.47. The average molecular weight is 820 g/mol. The summed E-state index contributed by atoms with van der Waals surface area (Å²) in [5.41, 5.74) is 5.36. The number of rotatable bonds is 46. The van der Waals surface area contributed by atoms with Gasteiger partial charge in [0.15, 0.2) is 0 Å². The lowest BCUT2D eigenvalue weighted by atomic mass is 10.0. The Morgan fingerprint density at radius 1 is 0.500 bits per heavy atom. The fraction of sp³-hybridized carbons (Fsp3) is 0.956. The Morgan fingerprint density at radius 2 is 0.821 bits per heavy atom. The second-order valence-corrected chi connectivity index (χ2v) is 17.7. The second kappa shape index (κ2) is 42.1. The van der Waals surface area contributed by atoms with Crippen molar-refractivity contribution in [3.05, 3.63) is 0 Å². The summed E-state index contributed by atoms with van der Waals surface area (Å²) in [4.78, 5) is 33.6. The van der Waals surface area contributed by atoms with Gasteiger partial charge in [0.05, 0.1) is 19.8 Å². The van der Waals surface area contributed by atoms with E-state index in [-0.39, 0.29) is 13.0 Å². The number of hydrogen-bond donors (Lipinski definition) is 3. The lowest BCUT2D eigenvalue weighted by molar-refractivity contribution is -0.154. The summed E-state index contributed by atoms with van der Waals surface area (Å²) in [6.45, 7) is 3.94. The summed E-state index contributed by atoms with van der Waals surface area (Å²) in [5.74, 6) is -1.76. The number of esters is 1. The predicted molar refractivity (Wildman–Crippen MR) is 231 cm³/mol. The van der Waals surface area contributed by atoms with Crippen LogP contribution >= 0.6 is 7.82 Å². The second-order valence-electron chi connectivity index (χ2n) is 16.3. The molecule has 3 unspecified atom stereocenters. The number of nitrogens with two attached hydrogens (primary N) is 1. The minimum Gasteiger partial charge on any atom is -0.480 e. The number of ether oxygens (including phenoxy) is 2. The van der Waals surface area contributed by atoms with E-state index in [0.717, 1.165) is 38.5 Å². The number of carboxylic acids is 1. The van der Waals surface area contributed by atoms with Crippen molar-refractivity contribution in [1.82, 2.24) is 0 Å². The van der Waals surface area contributed by atoms with Crippen LogP contribution in [0.2, 0.25) is 0 Å². The molecule has 3 atom stereocenters. The standard InChI is InChI=1S/C45H90NO9P/c1-3-5-7-9-11-13-15-17-19-20-21-22-23-25-27-29-31-33-35-37-44(47)55-42(40-53-56(50,51)54-41-43(46)45(48)49)39-52-38-36-34-32-30-28-26-24-18-16-14-12-10-8-6-4-2/h42-43H,3-41,46H2,1-2H3,(H,48,49)(H,50,51). The van der Waals surface area contributed by atoms with Gasteiger partial charge in [0.2, 0.25) is 0 Å². The zero-order valence-electron chi connectivity index (χ0n) is 36.5. The first-order valence-electron chi connectivity index (χ1n) is 23.6. The fourth-order valence-corrected chi connectivity index (χ4v) is 7.74. The monoisotopic (exact) mass is 820 g/mol. The highest BCUT2D eigenvalue weighted by Crippen LogP contribution is 2.43. The van der Waals surface area contributed by atoms with Crippen molar-refractivity contribution in [2.45, 2.75) is 251 Å². The molecule has 0 heterocycles. The topological polar surface area (TPSA) is 155 Å². The average Bonchev–Trinajstić information content (AvgIpc) is 3.18. The Morgan fingerprint density at radius 3 is 1.18 bits per heavy atom. The zero-order valence-corrected chi connectivity index (χ0v) is 37.4. The van der Waals surface area contributed by atoms with E-state index in [9.17, 15) is 19.0 Å². The maximum atomic E-state index is 12.7. The third kappa shape index (κ3) is 41.1. The van der Waals surface area contributed by atoms with E-state index < -0.39 is 45.1 Å². The number of unbranched alkanes of at least 4 members (excludes halogenated alkanes) is 32. The van der Waals surface area contributed by atoms with Crippen LogP contribution in [-0.4, -0.2) is 60.5 Å². The van der Waals surface area contributed by atoms with Gasteiger partial charge in [0, 0.05) is 13.0 Å². The Hall–Kier alpha value is -1.03. The van der Waals surface area contributed by atoms with Crippen LogP contribution < -0.4 is 5.73 Å². The number of carbonyl (C=O) groups is 2. The summed E-state index contributed by atoms with van der Waals surface area (Å²) < 4.78 is 33.4. The molecule has 0 aliphatic carbocycles. The molecule has 11 heteroatoms. The molecular formula is C45H90NO9P. The zero-order chi connectivity index (χ0) is 41.2. The van der Waals surface area contributed by atoms with E-state index in [1.54, 1.807) is 0 Å². The molecular weight excluding hydrogens is 729 g/mol. The Labute approximate surface area is 344 Å². The molecule has 0 aromatic rings. The number of phosphoric acid groups is 1. The lowest BCUT2D eigenvalue weighted by Crippen LogP contribution is -2.34. The van der Waals surface area contributed by atoms with Crippen molar-refractivity contribution in [1.29, 1.82) is 0 Å². The van der Waals surface area contributed by atoms with E-state index in [0.29, 0.717) is 6.61 Å². The molecule has 0 bridgehead atoms. The van der Waals surface area contributed by atoms with Gasteiger partial charge in [0.1, 0.15) is 12.1 Å². The van der Waals surface area contributed by atoms with Crippen molar-refractivity contribution < 1.29 is 42.7 Å². The van der Waals surface area contributed by atoms with Crippen LogP contribution in [0.15, 0.2) is 0 Å². The van der Waals surface area contributed by atoms with E-state index in [4.69, 9.17) is 29.4 Å². The Balaban J connectivity index is 4.13. The maximum absolute atomic E-state index is 12.7. The van der Waals surface area contributed by atoms with Crippen molar-refractivity contribution in [2.75, 3.05) is 26.4 Å². The maximum Gasteiger partial charge on any atom is 0.472 e. The van der Waals surface area contributed by atoms with E-state index in [2.05, 4.69) is 13.8 Å². The molecule has 0 fully saturated rings. The molecule has 0 aliphatic heterocycles. The molecule has 0 aliphatic rings. The first-order chi connectivity index (χ1) is 27.2. The molecule has 0 aromatic heterocycles. The van der Waals surface area contributed by atoms with Crippen LogP contribution in [0.1, 0.15) is 239 Å².